The van der Waals surface area contributed by atoms with Crippen molar-refractivity contribution in [3.8, 4) is 17.2 Å². The SMILES string of the molecule is COc1ccc(NC(=O)[C@@H](CCCN=C(N)N)NC(=O)c2cc(NC(=O)[C@@H](CCCN=C(N)N)NC(=O)c3cc(NC(=O)[C@H](N)CCCN=C(N)N)ccc3OC)ccc2OC)cc1C(N)=O. The molecular formula is C42H60N16O9. The lowest BCUT2D eigenvalue weighted by atomic mass is 10.1. The first kappa shape index (κ1) is 53.0. The number of carbonyl (C=O) groups excluding carboxylic acids is 6. The van der Waals surface area contributed by atoms with E-state index in [1.807, 2.05) is 0 Å². The molecule has 6 amide bonds. The molecule has 25 nitrogen and oxygen atoms in total. The van der Waals surface area contributed by atoms with Crippen LogP contribution in [-0.4, -0.2) is 112 Å². The number of hydrogen-bond acceptors (Lipinski definition) is 13. The van der Waals surface area contributed by atoms with E-state index in [1.165, 1.54) is 75.9 Å². The summed E-state index contributed by atoms with van der Waals surface area (Å²) < 4.78 is 16.1. The van der Waals surface area contributed by atoms with E-state index in [2.05, 4.69) is 41.6 Å². The molecule has 0 aliphatic rings. The predicted octanol–water partition coefficient (Wildman–Crippen LogP) is -1.29. The number of primary amides is 1. The topological polar surface area (TPSA) is 435 Å². The van der Waals surface area contributed by atoms with E-state index in [4.69, 9.17) is 60.1 Å². The Hall–Kier alpha value is -8.35. The van der Waals surface area contributed by atoms with Crippen molar-refractivity contribution in [1.29, 1.82) is 0 Å². The molecule has 3 rings (SSSR count). The first-order valence-electron chi connectivity index (χ1n) is 20.7. The second kappa shape index (κ2) is 26.4. The summed E-state index contributed by atoms with van der Waals surface area (Å²) in [6.45, 7) is 0.543. The van der Waals surface area contributed by atoms with Crippen LogP contribution in [0.25, 0.3) is 0 Å². The van der Waals surface area contributed by atoms with Crippen LogP contribution in [-0.2, 0) is 14.4 Å². The smallest absolute Gasteiger partial charge is 0.255 e. The predicted molar refractivity (Wildman–Crippen MR) is 254 cm³/mol. The molecule has 67 heavy (non-hydrogen) atoms. The number of hydrogen-bond donors (Lipinski definition) is 13. The van der Waals surface area contributed by atoms with E-state index in [0.717, 1.165) is 0 Å². The van der Waals surface area contributed by atoms with Crippen molar-refractivity contribution >= 4 is 70.4 Å². The van der Waals surface area contributed by atoms with Crippen molar-refractivity contribution in [2.24, 2.45) is 60.8 Å². The van der Waals surface area contributed by atoms with Crippen LogP contribution in [0, 0.1) is 0 Å². The third-order valence-corrected chi connectivity index (χ3v) is 9.59. The maximum absolute atomic E-state index is 14.0. The molecule has 3 atom stereocenters. The minimum absolute atomic E-state index is 0.0119. The van der Waals surface area contributed by atoms with Gasteiger partial charge in [0.2, 0.25) is 17.7 Å². The van der Waals surface area contributed by atoms with Gasteiger partial charge in [0.15, 0.2) is 17.9 Å². The molecule has 25 heteroatoms. The van der Waals surface area contributed by atoms with E-state index in [9.17, 15) is 28.8 Å². The van der Waals surface area contributed by atoms with Crippen LogP contribution >= 0.6 is 0 Å². The highest BCUT2D eigenvalue weighted by Gasteiger charge is 2.27. The van der Waals surface area contributed by atoms with Crippen LogP contribution in [0.2, 0.25) is 0 Å². The van der Waals surface area contributed by atoms with Crippen LogP contribution in [0.15, 0.2) is 69.6 Å². The molecule has 0 heterocycles. The van der Waals surface area contributed by atoms with E-state index in [0.29, 0.717) is 6.42 Å². The molecule has 0 bridgehead atoms. The molecule has 0 unspecified atom stereocenters. The fraction of sp³-hybridized carbons (Fsp3) is 0.357. The van der Waals surface area contributed by atoms with Gasteiger partial charge in [-0.1, -0.05) is 0 Å². The van der Waals surface area contributed by atoms with Crippen molar-refractivity contribution in [2.75, 3.05) is 56.9 Å². The first-order valence-corrected chi connectivity index (χ1v) is 20.7. The Morgan fingerprint density at radius 1 is 0.493 bits per heavy atom. The Kier molecular flexibility index (Phi) is 20.9. The number of ether oxygens (including phenoxy) is 3. The third kappa shape index (κ3) is 17.3. The summed E-state index contributed by atoms with van der Waals surface area (Å²) in [5.74, 6) is -4.19. The van der Waals surface area contributed by atoms with E-state index < -0.39 is 53.6 Å². The lowest BCUT2D eigenvalue weighted by Crippen LogP contribution is -2.44. The van der Waals surface area contributed by atoms with Crippen molar-refractivity contribution in [2.45, 2.75) is 56.7 Å². The molecule has 362 valence electrons. The van der Waals surface area contributed by atoms with Crippen molar-refractivity contribution in [3.05, 3.63) is 71.3 Å². The standard InChI is InChI=1S/C42H60N16O9/c1-65-31-13-10-22(19-25(31)34(44)59)55-38(63)29(8-5-17-52-41(47)48)57-36(61)27-21-24(12-15-33(27)67-3)56-39(64)30(9-6-18-53-42(49)50)58-35(60)26-20-23(11-14-32(26)66-2)54-37(62)28(43)7-4-16-51-40(45)46/h10-15,19-21,28-30H,4-9,16-18,43H2,1-3H3,(H2,44,59)(H,54,62)(H,55,63)(H,56,64)(H,57,61)(H,58,60)(H4,45,46,51)(H4,47,48,52)(H4,49,50,53)/t28-,29-,30-/m1/s1. The zero-order valence-corrected chi connectivity index (χ0v) is 37.4. The summed E-state index contributed by atoms with van der Waals surface area (Å²) in [6.07, 6.45) is 1.32. The van der Waals surface area contributed by atoms with E-state index >= 15 is 0 Å². The highest BCUT2D eigenvalue weighted by molar-refractivity contribution is 6.06. The molecule has 3 aromatic carbocycles. The van der Waals surface area contributed by atoms with Crippen LogP contribution in [0.4, 0.5) is 17.1 Å². The average Bonchev–Trinajstić information content (AvgIpc) is 3.29. The molecule has 0 saturated heterocycles. The van der Waals surface area contributed by atoms with Crippen molar-refractivity contribution < 1.29 is 43.0 Å². The molecule has 3 aromatic rings. The molecular weight excluding hydrogens is 873 g/mol. The summed E-state index contributed by atoms with van der Waals surface area (Å²) in [5, 5.41) is 13.5. The average molecular weight is 933 g/mol. The maximum atomic E-state index is 14.0. The zero-order chi connectivity index (χ0) is 49.6. The molecule has 0 saturated carbocycles. The fourth-order valence-electron chi connectivity index (χ4n) is 6.27. The van der Waals surface area contributed by atoms with Gasteiger partial charge in [0.1, 0.15) is 29.3 Å². The first-order chi connectivity index (χ1) is 31.9. The van der Waals surface area contributed by atoms with Gasteiger partial charge in [-0.05, 0) is 93.1 Å². The molecule has 21 N–H and O–H groups in total. The van der Waals surface area contributed by atoms with Gasteiger partial charge in [-0.15, -0.1) is 0 Å². The Labute approximate surface area is 386 Å². The van der Waals surface area contributed by atoms with E-state index in [1.54, 1.807) is 0 Å². The number of methoxy groups -OCH3 is 3. The zero-order valence-electron chi connectivity index (χ0n) is 37.4. The highest BCUT2D eigenvalue weighted by atomic mass is 16.5. The lowest BCUT2D eigenvalue weighted by molar-refractivity contribution is -0.118. The number of amides is 6. The van der Waals surface area contributed by atoms with Gasteiger partial charge in [0.05, 0.1) is 44.1 Å². The van der Waals surface area contributed by atoms with Gasteiger partial charge in [-0.25, -0.2) is 0 Å². The number of aliphatic imine (C=N–C) groups is 3. The third-order valence-electron chi connectivity index (χ3n) is 9.59. The molecule has 0 aliphatic heterocycles. The number of nitrogens with two attached hydrogens (primary N) is 8. The highest BCUT2D eigenvalue weighted by Crippen LogP contribution is 2.26. The summed E-state index contributed by atoms with van der Waals surface area (Å²) in [6, 6.07) is 9.50. The Morgan fingerprint density at radius 3 is 1.16 bits per heavy atom. The summed E-state index contributed by atoms with van der Waals surface area (Å²) in [7, 11) is 4.03. The number of anilines is 3. The van der Waals surface area contributed by atoms with Crippen molar-refractivity contribution in [1.82, 2.24) is 10.6 Å². The van der Waals surface area contributed by atoms with Gasteiger partial charge < -0.3 is 86.7 Å². The number of benzene rings is 3. The Balaban J connectivity index is 1.88. The minimum Gasteiger partial charge on any atom is -0.496 e. The Morgan fingerprint density at radius 2 is 0.821 bits per heavy atom. The summed E-state index contributed by atoms with van der Waals surface area (Å²) in [5.41, 5.74) is 44.6. The maximum Gasteiger partial charge on any atom is 0.255 e. The van der Waals surface area contributed by atoms with Gasteiger partial charge in [-0.2, -0.15) is 0 Å². The fourth-order valence-corrected chi connectivity index (χ4v) is 6.27. The molecule has 0 spiro atoms. The van der Waals surface area contributed by atoms with Crippen molar-refractivity contribution in [3.63, 3.8) is 0 Å². The van der Waals surface area contributed by atoms with E-state index in [-0.39, 0.29) is 121 Å². The lowest BCUT2D eigenvalue weighted by Gasteiger charge is -2.21. The number of nitrogens with zero attached hydrogens (tertiary/aromatic N) is 3. The van der Waals surface area contributed by atoms with Gasteiger partial charge in [0, 0.05) is 36.7 Å². The summed E-state index contributed by atoms with van der Waals surface area (Å²) in [4.78, 5) is 92.2. The molecule has 0 aliphatic carbocycles. The summed E-state index contributed by atoms with van der Waals surface area (Å²) >= 11 is 0. The van der Waals surface area contributed by atoms with Crippen LogP contribution < -0.4 is 86.7 Å². The Bertz CT molecular complexity index is 2330. The molecule has 0 radical (unpaired) electrons. The number of guanidine groups is 3. The van der Waals surface area contributed by atoms with Gasteiger partial charge in [0.25, 0.3) is 17.7 Å². The monoisotopic (exact) mass is 932 g/mol. The van der Waals surface area contributed by atoms with Crippen LogP contribution in [0.1, 0.15) is 69.6 Å². The quantitative estimate of drug-likeness (QED) is 0.0253. The number of carbonyl (C=O) groups is 6. The van der Waals surface area contributed by atoms with Crippen LogP contribution in [0.3, 0.4) is 0 Å². The second-order valence-corrected chi connectivity index (χ2v) is 14.6. The van der Waals surface area contributed by atoms with Crippen LogP contribution in [0.5, 0.6) is 17.2 Å². The number of rotatable bonds is 26. The number of nitrogens with one attached hydrogen (secondary N) is 5. The largest absolute Gasteiger partial charge is 0.496 e. The van der Waals surface area contributed by atoms with Gasteiger partial charge >= 0.3 is 0 Å². The normalized spacial score (nSPS) is 11.8. The minimum atomic E-state index is -1.21. The second-order valence-electron chi connectivity index (χ2n) is 14.6. The van der Waals surface area contributed by atoms with Gasteiger partial charge in [-0.3, -0.25) is 43.7 Å². The molecule has 0 aromatic heterocycles. The molecule has 0 fully saturated rings.